The number of unbranched alkanes of at least 4 members (excludes halogenated alkanes) is 3. The van der Waals surface area contributed by atoms with Crippen molar-refractivity contribution in [3.63, 3.8) is 0 Å². The number of hydrogen-bond donors (Lipinski definition) is 2. The molecule has 13 heavy (non-hydrogen) atoms. The maximum atomic E-state index is 3.17. The molecular formula is C10H21N3. The van der Waals surface area contributed by atoms with Gasteiger partial charge >= 0.3 is 0 Å². The molecule has 0 radical (unpaired) electrons. The molecule has 0 unspecified atom stereocenters. The lowest BCUT2D eigenvalue weighted by Crippen LogP contribution is -2.21. The first-order valence-electron chi connectivity index (χ1n) is 5.22. The van der Waals surface area contributed by atoms with E-state index >= 15 is 0 Å². The van der Waals surface area contributed by atoms with Crippen molar-refractivity contribution in [1.29, 1.82) is 0 Å². The second-order valence-electron chi connectivity index (χ2n) is 3.51. The van der Waals surface area contributed by atoms with Gasteiger partial charge in [0.25, 0.3) is 0 Å². The van der Waals surface area contributed by atoms with Crippen LogP contribution in [0.2, 0.25) is 0 Å². The molecule has 1 aliphatic rings. The van der Waals surface area contributed by atoms with Crippen LogP contribution in [0.25, 0.3) is 0 Å². The highest BCUT2D eigenvalue weighted by atomic mass is 15.2. The third-order valence-corrected chi connectivity index (χ3v) is 2.32. The maximum absolute atomic E-state index is 3.17. The highest BCUT2D eigenvalue weighted by Gasteiger charge is 2.01. The van der Waals surface area contributed by atoms with Gasteiger partial charge in [0.2, 0.25) is 0 Å². The van der Waals surface area contributed by atoms with Crippen LogP contribution in [-0.2, 0) is 0 Å². The molecule has 0 saturated carbocycles. The Morgan fingerprint density at radius 3 is 2.85 bits per heavy atom. The largest absolute Gasteiger partial charge is 0.373 e. The van der Waals surface area contributed by atoms with Crippen molar-refractivity contribution < 1.29 is 0 Å². The Bertz CT molecular complexity index is 145. The van der Waals surface area contributed by atoms with Crippen LogP contribution in [0.4, 0.5) is 0 Å². The Labute approximate surface area is 81.2 Å². The van der Waals surface area contributed by atoms with Gasteiger partial charge in [0, 0.05) is 18.9 Å². The smallest absolute Gasteiger partial charge is 0.0867 e. The number of nitrogens with one attached hydrogen (secondary N) is 2. The zero-order valence-electron chi connectivity index (χ0n) is 8.55. The van der Waals surface area contributed by atoms with E-state index in [1.807, 2.05) is 13.2 Å². The van der Waals surface area contributed by atoms with E-state index in [1.165, 1.54) is 32.2 Å². The van der Waals surface area contributed by atoms with Gasteiger partial charge in [-0.3, -0.25) is 0 Å². The van der Waals surface area contributed by atoms with E-state index in [1.54, 1.807) is 0 Å². The third-order valence-electron chi connectivity index (χ3n) is 2.32. The minimum Gasteiger partial charge on any atom is -0.373 e. The zero-order valence-corrected chi connectivity index (χ0v) is 8.55. The molecule has 3 heteroatoms. The van der Waals surface area contributed by atoms with Crippen LogP contribution in [0.1, 0.15) is 25.7 Å². The summed E-state index contributed by atoms with van der Waals surface area (Å²) >= 11 is 0. The lowest BCUT2D eigenvalue weighted by molar-refractivity contribution is 0.376. The topological polar surface area (TPSA) is 27.3 Å². The van der Waals surface area contributed by atoms with E-state index in [2.05, 4.69) is 21.7 Å². The van der Waals surface area contributed by atoms with E-state index in [0.717, 1.165) is 13.2 Å². The maximum Gasteiger partial charge on any atom is 0.0867 e. The summed E-state index contributed by atoms with van der Waals surface area (Å²) in [5, 5.41) is 6.34. The highest BCUT2D eigenvalue weighted by Crippen LogP contribution is 2.02. The van der Waals surface area contributed by atoms with Crippen LogP contribution >= 0.6 is 0 Å². The molecule has 0 amide bonds. The average Bonchev–Trinajstić information content (AvgIpc) is 2.63. The summed E-state index contributed by atoms with van der Waals surface area (Å²) in [4.78, 5) is 2.32. The molecule has 3 nitrogen and oxygen atoms in total. The number of nitrogens with zero attached hydrogens (tertiary/aromatic N) is 1. The van der Waals surface area contributed by atoms with E-state index < -0.39 is 0 Å². The quantitative estimate of drug-likeness (QED) is 0.579. The molecule has 76 valence electrons. The minimum atomic E-state index is 0.997. The second kappa shape index (κ2) is 6.78. The molecule has 0 atom stereocenters. The van der Waals surface area contributed by atoms with E-state index in [0.29, 0.717) is 0 Å². The second-order valence-corrected chi connectivity index (χ2v) is 3.51. The highest BCUT2D eigenvalue weighted by molar-refractivity contribution is 4.86. The fraction of sp³-hybridized carbons (Fsp3) is 0.800. The zero-order chi connectivity index (χ0) is 9.36. The van der Waals surface area contributed by atoms with E-state index in [-0.39, 0.29) is 0 Å². The van der Waals surface area contributed by atoms with Crippen LogP contribution in [-0.4, -0.2) is 31.7 Å². The molecule has 1 aliphatic heterocycles. The Hall–Kier alpha value is -0.700. The van der Waals surface area contributed by atoms with Crippen molar-refractivity contribution in [3.05, 3.63) is 12.4 Å². The molecule has 0 bridgehead atoms. The predicted molar refractivity (Wildman–Crippen MR) is 56.2 cm³/mol. The van der Waals surface area contributed by atoms with Gasteiger partial charge in [-0.15, -0.1) is 0 Å². The number of rotatable bonds is 7. The SMILES string of the molecule is CNCCCCCCN1C=CNC1. The van der Waals surface area contributed by atoms with Crippen molar-refractivity contribution in [3.8, 4) is 0 Å². The van der Waals surface area contributed by atoms with Crippen molar-refractivity contribution >= 4 is 0 Å². The summed E-state index contributed by atoms with van der Waals surface area (Å²) < 4.78 is 0. The molecule has 2 N–H and O–H groups in total. The monoisotopic (exact) mass is 183 g/mol. The summed E-state index contributed by atoms with van der Waals surface area (Å²) in [7, 11) is 2.01. The van der Waals surface area contributed by atoms with Crippen molar-refractivity contribution in [2.75, 3.05) is 26.8 Å². The van der Waals surface area contributed by atoms with Crippen LogP contribution in [0.5, 0.6) is 0 Å². The Balaban J connectivity index is 1.81. The average molecular weight is 183 g/mol. The molecule has 0 aromatic carbocycles. The van der Waals surface area contributed by atoms with Crippen molar-refractivity contribution in [1.82, 2.24) is 15.5 Å². The standard InChI is InChI=1S/C10H21N3/c1-11-6-4-2-3-5-8-13-9-7-12-10-13/h7,9,11-12H,2-6,8,10H2,1H3. The van der Waals surface area contributed by atoms with Crippen molar-refractivity contribution in [2.45, 2.75) is 25.7 Å². The van der Waals surface area contributed by atoms with Crippen LogP contribution in [0, 0.1) is 0 Å². The molecule has 0 aromatic rings. The first-order valence-corrected chi connectivity index (χ1v) is 5.22. The first-order chi connectivity index (χ1) is 6.43. The molecule has 1 heterocycles. The Morgan fingerprint density at radius 2 is 2.15 bits per heavy atom. The van der Waals surface area contributed by atoms with Gasteiger partial charge in [-0.2, -0.15) is 0 Å². The van der Waals surface area contributed by atoms with Crippen LogP contribution in [0.3, 0.4) is 0 Å². The van der Waals surface area contributed by atoms with E-state index in [9.17, 15) is 0 Å². The predicted octanol–water partition coefficient (Wildman–Crippen LogP) is 1.10. The molecule has 1 rings (SSSR count). The van der Waals surface area contributed by atoms with E-state index in [4.69, 9.17) is 0 Å². The van der Waals surface area contributed by atoms with Gasteiger partial charge < -0.3 is 15.5 Å². The summed E-state index contributed by atoms with van der Waals surface area (Å²) in [6.45, 7) is 3.35. The fourth-order valence-electron chi connectivity index (χ4n) is 1.50. The molecule has 0 aromatic heterocycles. The lowest BCUT2D eigenvalue weighted by atomic mass is 10.2. The van der Waals surface area contributed by atoms with Crippen molar-refractivity contribution in [2.24, 2.45) is 0 Å². The van der Waals surface area contributed by atoms with Gasteiger partial charge in [-0.1, -0.05) is 12.8 Å². The fourth-order valence-corrected chi connectivity index (χ4v) is 1.50. The lowest BCUT2D eigenvalue weighted by Gasteiger charge is -2.13. The van der Waals surface area contributed by atoms with Crippen LogP contribution in [0.15, 0.2) is 12.4 Å². The Morgan fingerprint density at radius 1 is 1.31 bits per heavy atom. The summed E-state index contributed by atoms with van der Waals surface area (Å²) in [5.41, 5.74) is 0. The van der Waals surface area contributed by atoms with Gasteiger partial charge in [0.05, 0.1) is 6.67 Å². The third kappa shape index (κ3) is 4.78. The van der Waals surface area contributed by atoms with Gasteiger partial charge in [0.15, 0.2) is 0 Å². The molecule has 0 aliphatic carbocycles. The van der Waals surface area contributed by atoms with Crippen LogP contribution < -0.4 is 10.6 Å². The summed E-state index contributed by atoms with van der Waals surface area (Å²) in [6.07, 6.45) is 9.48. The Kier molecular flexibility index (Phi) is 5.41. The molecule has 0 saturated heterocycles. The molecule has 0 fully saturated rings. The number of hydrogen-bond acceptors (Lipinski definition) is 3. The van der Waals surface area contributed by atoms with Gasteiger partial charge in [-0.05, 0) is 26.4 Å². The van der Waals surface area contributed by atoms with Gasteiger partial charge in [0.1, 0.15) is 0 Å². The molecular weight excluding hydrogens is 162 g/mol. The van der Waals surface area contributed by atoms with Gasteiger partial charge in [-0.25, -0.2) is 0 Å². The molecule has 0 spiro atoms. The summed E-state index contributed by atoms with van der Waals surface area (Å²) in [5.74, 6) is 0. The minimum absolute atomic E-state index is 0.997. The summed E-state index contributed by atoms with van der Waals surface area (Å²) in [6, 6.07) is 0. The first kappa shape index (κ1) is 10.4. The normalized spacial score (nSPS) is 15.0.